The number of hydrogen-bond acceptors (Lipinski definition) is 5. The molecule has 0 aliphatic heterocycles. The van der Waals surface area contributed by atoms with E-state index < -0.39 is 0 Å². The quantitative estimate of drug-likeness (QED) is 0.267. The Bertz CT molecular complexity index is 1520. The van der Waals surface area contributed by atoms with Gasteiger partial charge in [0.05, 0.1) is 16.7 Å². The van der Waals surface area contributed by atoms with Crippen molar-refractivity contribution < 1.29 is 8.78 Å². The molecule has 0 spiro atoms. The highest BCUT2D eigenvalue weighted by Gasteiger charge is 2.29. The molecule has 1 N–H and O–H groups in total. The summed E-state index contributed by atoms with van der Waals surface area (Å²) < 4.78 is 30.7. The van der Waals surface area contributed by atoms with Crippen molar-refractivity contribution in [2.24, 2.45) is 0 Å². The maximum absolute atomic E-state index is 15.2. The summed E-state index contributed by atoms with van der Waals surface area (Å²) in [6.45, 7) is 4.31. The number of nitrogens with zero attached hydrogens (tertiary/aromatic N) is 4. The van der Waals surface area contributed by atoms with Crippen LogP contribution in [0.4, 0.5) is 19.6 Å². The molecule has 0 saturated heterocycles. The topological polar surface area (TPSA) is 55.6 Å². The lowest BCUT2D eigenvalue weighted by molar-refractivity contribution is 0.628. The Hall–Kier alpha value is -3.65. The minimum absolute atomic E-state index is 0.283. The maximum atomic E-state index is 15.2. The molecule has 2 heterocycles. The predicted octanol–water partition coefficient (Wildman–Crippen LogP) is 7.70. The van der Waals surface area contributed by atoms with E-state index in [9.17, 15) is 4.39 Å². The van der Waals surface area contributed by atoms with Gasteiger partial charge >= 0.3 is 0 Å². The number of hydrogen-bond donors (Lipinski definition) is 1. The van der Waals surface area contributed by atoms with Gasteiger partial charge in [-0.1, -0.05) is 49.4 Å². The normalized spacial score (nSPS) is 13.6. The molecule has 176 valence electrons. The van der Waals surface area contributed by atoms with Crippen LogP contribution in [0.15, 0.2) is 60.7 Å². The Balaban J connectivity index is 1.32. The molecular formula is C27H23F2N5S. The smallest absolute Gasteiger partial charge is 0.210 e. The highest BCUT2D eigenvalue weighted by atomic mass is 32.1. The summed E-state index contributed by atoms with van der Waals surface area (Å²) in [4.78, 5) is 4.79. The van der Waals surface area contributed by atoms with Gasteiger partial charge < -0.3 is 9.88 Å². The molecule has 8 heteroatoms. The van der Waals surface area contributed by atoms with E-state index in [4.69, 9.17) is 4.98 Å². The first-order valence-corrected chi connectivity index (χ1v) is 12.5. The van der Waals surface area contributed by atoms with Gasteiger partial charge in [0, 0.05) is 23.2 Å². The Morgan fingerprint density at radius 3 is 2.34 bits per heavy atom. The van der Waals surface area contributed by atoms with Crippen LogP contribution in [0, 0.1) is 11.6 Å². The molecule has 5 aromatic rings. The molecule has 0 amide bonds. The Kier molecular flexibility index (Phi) is 5.33. The SMILES string of the molecule is CC(C)c1ccc(-c2nnc(Nc3cc4nc(-c5ccc(F)cc5)n(C5CC5)c4cc3F)s2)cc1. The van der Waals surface area contributed by atoms with Gasteiger partial charge in [-0.15, -0.1) is 10.2 Å². The summed E-state index contributed by atoms with van der Waals surface area (Å²) in [7, 11) is 0. The fourth-order valence-corrected chi connectivity index (χ4v) is 4.99. The molecule has 6 rings (SSSR count). The van der Waals surface area contributed by atoms with Crippen molar-refractivity contribution in [2.75, 3.05) is 5.32 Å². The monoisotopic (exact) mass is 487 g/mol. The summed E-state index contributed by atoms with van der Waals surface area (Å²) in [5.41, 5.74) is 4.75. The van der Waals surface area contributed by atoms with Crippen molar-refractivity contribution >= 4 is 33.2 Å². The highest BCUT2D eigenvalue weighted by molar-refractivity contribution is 7.18. The van der Waals surface area contributed by atoms with Crippen molar-refractivity contribution in [1.29, 1.82) is 0 Å². The molecule has 0 atom stereocenters. The predicted molar refractivity (Wildman–Crippen MR) is 136 cm³/mol. The van der Waals surface area contributed by atoms with E-state index in [2.05, 4.69) is 46.1 Å². The number of benzene rings is 3. The van der Waals surface area contributed by atoms with E-state index in [1.54, 1.807) is 18.2 Å². The molecule has 2 aromatic heterocycles. The van der Waals surface area contributed by atoms with Crippen molar-refractivity contribution in [1.82, 2.24) is 19.7 Å². The fourth-order valence-electron chi connectivity index (χ4n) is 4.23. The van der Waals surface area contributed by atoms with Crippen molar-refractivity contribution in [2.45, 2.75) is 38.6 Å². The third-order valence-corrected chi connectivity index (χ3v) is 7.17. The molecule has 0 radical (unpaired) electrons. The summed E-state index contributed by atoms with van der Waals surface area (Å²) in [6, 6.07) is 18.0. The van der Waals surface area contributed by atoms with Crippen molar-refractivity contribution in [3.05, 3.63) is 77.9 Å². The minimum atomic E-state index is -0.386. The van der Waals surface area contributed by atoms with Crippen LogP contribution in [0.5, 0.6) is 0 Å². The second-order valence-electron chi connectivity index (χ2n) is 9.18. The zero-order valence-corrected chi connectivity index (χ0v) is 20.1. The number of aromatic nitrogens is 4. The lowest BCUT2D eigenvalue weighted by Gasteiger charge is -2.09. The molecule has 1 aliphatic rings. The molecule has 1 saturated carbocycles. The molecule has 35 heavy (non-hydrogen) atoms. The van der Waals surface area contributed by atoms with Crippen molar-refractivity contribution in [3.63, 3.8) is 0 Å². The highest BCUT2D eigenvalue weighted by Crippen LogP contribution is 2.42. The lowest BCUT2D eigenvalue weighted by atomic mass is 10.0. The number of halogens is 2. The van der Waals surface area contributed by atoms with E-state index in [1.165, 1.54) is 35.1 Å². The van der Waals surface area contributed by atoms with E-state index in [0.717, 1.165) is 40.3 Å². The molecule has 5 nitrogen and oxygen atoms in total. The number of fused-ring (bicyclic) bond motifs is 1. The molecule has 0 unspecified atom stereocenters. The van der Waals surface area contributed by atoms with Crippen molar-refractivity contribution in [3.8, 4) is 22.0 Å². The summed E-state index contributed by atoms with van der Waals surface area (Å²) in [5.74, 6) is 0.498. The largest absolute Gasteiger partial charge is 0.328 e. The van der Waals surface area contributed by atoms with E-state index in [0.29, 0.717) is 22.3 Å². The summed E-state index contributed by atoms with van der Waals surface area (Å²) in [6.07, 6.45) is 2.04. The molecule has 1 aliphatic carbocycles. The van der Waals surface area contributed by atoms with Gasteiger partial charge in [0.2, 0.25) is 5.13 Å². The van der Waals surface area contributed by atoms with Crippen LogP contribution in [-0.2, 0) is 0 Å². The standard InChI is InChI=1S/C27H23F2N5S/c1-15(2)16-3-5-18(6-4-16)26-32-33-27(35-26)31-22-14-23-24(13-21(22)29)34(20-11-12-20)25(30-23)17-7-9-19(28)10-8-17/h3-10,13-15,20H,11-12H2,1-2H3,(H,31,33). The number of anilines is 2. The maximum Gasteiger partial charge on any atom is 0.210 e. The lowest BCUT2D eigenvalue weighted by Crippen LogP contribution is -1.98. The average molecular weight is 488 g/mol. The first-order chi connectivity index (χ1) is 17.0. The first-order valence-electron chi connectivity index (χ1n) is 11.6. The zero-order chi connectivity index (χ0) is 24.1. The van der Waals surface area contributed by atoms with Crippen LogP contribution in [0.3, 0.4) is 0 Å². The third-order valence-electron chi connectivity index (χ3n) is 6.28. The van der Waals surface area contributed by atoms with Gasteiger partial charge in [-0.05, 0) is 54.7 Å². The van der Waals surface area contributed by atoms with Crippen LogP contribution >= 0.6 is 11.3 Å². The van der Waals surface area contributed by atoms with Gasteiger partial charge in [0.15, 0.2) is 0 Å². The summed E-state index contributed by atoms with van der Waals surface area (Å²) in [5, 5.41) is 12.8. The van der Waals surface area contributed by atoms with Crippen LogP contribution < -0.4 is 5.32 Å². The van der Waals surface area contributed by atoms with Crippen LogP contribution in [0.2, 0.25) is 0 Å². The number of nitrogens with one attached hydrogen (secondary N) is 1. The van der Waals surface area contributed by atoms with Crippen LogP contribution in [0.1, 0.15) is 44.2 Å². The van der Waals surface area contributed by atoms with E-state index >= 15 is 4.39 Å². The van der Waals surface area contributed by atoms with Gasteiger partial charge in [-0.25, -0.2) is 13.8 Å². The van der Waals surface area contributed by atoms with Gasteiger partial charge in [-0.3, -0.25) is 0 Å². The first kappa shape index (κ1) is 21.9. The van der Waals surface area contributed by atoms with Crippen LogP contribution in [0.25, 0.3) is 33.0 Å². The fraction of sp³-hybridized carbons (Fsp3) is 0.222. The second-order valence-corrected chi connectivity index (χ2v) is 10.2. The number of rotatable bonds is 6. The Morgan fingerprint density at radius 2 is 1.66 bits per heavy atom. The zero-order valence-electron chi connectivity index (χ0n) is 19.3. The van der Waals surface area contributed by atoms with Crippen LogP contribution in [-0.4, -0.2) is 19.7 Å². The van der Waals surface area contributed by atoms with E-state index in [1.807, 2.05) is 12.1 Å². The van der Waals surface area contributed by atoms with Gasteiger partial charge in [-0.2, -0.15) is 0 Å². The molecule has 1 fully saturated rings. The van der Waals surface area contributed by atoms with E-state index in [-0.39, 0.29) is 17.7 Å². The Morgan fingerprint density at radius 1 is 0.943 bits per heavy atom. The van der Waals surface area contributed by atoms with Gasteiger partial charge in [0.1, 0.15) is 22.5 Å². The Labute approximate surface area is 205 Å². The van der Waals surface area contributed by atoms with Gasteiger partial charge in [0.25, 0.3) is 0 Å². The minimum Gasteiger partial charge on any atom is -0.328 e. The molecular weight excluding hydrogens is 464 g/mol. The molecule has 0 bridgehead atoms. The average Bonchev–Trinajstić information content (AvgIpc) is 3.47. The third kappa shape index (κ3) is 4.18. The number of imidazole rings is 1. The summed E-state index contributed by atoms with van der Waals surface area (Å²) >= 11 is 1.37. The molecule has 3 aromatic carbocycles. The second kappa shape index (κ2) is 8.53.